The van der Waals surface area contributed by atoms with Gasteiger partial charge in [0.15, 0.2) is 0 Å². The highest BCUT2D eigenvalue weighted by atomic mass is 14.9. The Morgan fingerprint density at radius 2 is 1.72 bits per heavy atom. The molecule has 0 aliphatic heterocycles. The van der Waals surface area contributed by atoms with E-state index in [1.807, 2.05) is 0 Å². The van der Waals surface area contributed by atoms with Crippen LogP contribution in [0.1, 0.15) is 51.7 Å². The molecule has 0 fully saturated rings. The lowest BCUT2D eigenvalue weighted by atomic mass is 9.87. The number of aryl methyl sites for hydroxylation is 1. The van der Waals surface area contributed by atoms with Crippen molar-refractivity contribution in [2.75, 3.05) is 6.54 Å². The zero-order valence-electron chi connectivity index (χ0n) is 12.7. The van der Waals surface area contributed by atoms with Crippen molar-refractivity contribution in [2.24, 2.45) is 5.41 Å². The number of likely N-dealkylation sites (N-methyl/N-ethyl adjacent to an activating group) is 1. The zero-order valence-corrected chi connectivity index (χ0v) is 12.7. The van der Waals surface area contributed by atoms with Crippen LogP contribution in [0.3, 0.4) is 0 Å². The maximum absolute atomic E-state index is 3.62. The van der Waals surface area contributed by atoms with Crippen molar-refractivity contribution in [3.05, 3.63) is 35.4 Å². The fraction of sp³-hybridized carbons (Fsp3) is 0.647. The lowest BCUT2D eigenvalue weighted by Gasteiger charge is -2.24. The molecule has 0 aromatic heterocycles. The molecule has 1 nitrogen and oxygen atoms in total. The summed E-state index contributed by atoms with van der Waals surface area (Å²) in [7, 11) is 0. The molecule has 1 atom stereocenters. The van der Waals surface area contributed by atoms with Crippen LogP contribution in [0.4, 0.5) is 0 Å². The average Bonchev–Trinajstić information content (AvgIpc) is 2.28. The first-order valence-electron chi connectivity index (χ1n) is 7.19. The SMILES string of the molecule is CCNC(CCC(C)(C)C)Cc1ccc(C)cc1. The summed E-state index contributed by atoms with van der Waals surface area (Å²) < 4.78 is 0. The van der Waals surface area contributed by atoms with Gasteiger partial charge in [0.2, 0.25) is 0 Å². The van der Waals surface area contributed by atoms with Crippen LogP contribution in [0.25, 0.3) is 0 Å². The van der Waals surface area contributed by atoms with E-state index in [9.17, 15) is 0 Å². The minimum atomic E-state index is 0.431. The molecule has 0 bridgehead atoms. The first-order valence-corrected chi connectivity index (χ1v) is 7.19. The van der Waals surface area contributed by atoms with Crippen LogP contribution in [-0.2, 0) is 6.42 Å². The Labute approximate surface area is 113 Å². The summed E-state index contributed by atoms with van der Waals surface area (Å²) in [5, 5.41) is 3.62. The van der Waals surface area contributed by atoms with Crippen LogP contribution < -0.4 is 5.32 Å². The van der Waals surface area contributed by atoms with Gasteiger partial charge >= 0.3 is 0 Å². The molecule has 1 aromatic carbocycles. The highest BCUT2D eigenvalue weighted by Crippen LogP contribution is 2.22. The van der Waals surface area contributed by atoms with Gasteiger partial charge in [-0.15, -0.1) is 0 Å². The Kier molecular flexibility index (Phi) is 5.87. The zero-order chi connectivity index (χ0) is 13.6. The molecule has 0 aliphatic carbocycles. The molecule has 0 radical (unpaired) electrons. The molecule has 0 aliphatic rings. The second-order valence-electron chi connectivity index (χ2n) is 6.54. The van der Waals surface area contributed by atoms with E-state index < -0.39 is 0 Å². The van der Waals surface area contributed by atoms with Crippen molar-refractivity contribution >= 4 is 0 Å². The number of rotatable bonds is 6. The molecule has 1 rings (SSSR count). The second-order valence-corrected chi connectivity index (χ2v) is 6.54. The quantitative estimate of drug-likeness (QED) is 0.788. The van der Waals surface area contributed by atoms with Crippen LogP contribution in [0.15, 0.2) is 24.3 Å². The molecule has 18 heavy (non-hydrogen) atoms. The summed E-state index contributed by atoms with van der Waals surface area (Å²) in [5.74, 6) is 0. The van der Waals surface area contributed by atoms with Crippen LogP contribution in [0.5, 0.6) is 0 Å². The summed E-state index contributed by atoms with van der Waals surface area (Å²) in [6, 6.07) is 9.55. The van der Waals surface area contributed by atoms with Gasteiger partial charge in [-0.2, -0.15) is 0 Å². The fourth-order valence-electron chi connectivity index (χ4n) is 2.18. The summed E-state index contributed by atoms with van der Waals surface area (Å²) in [5.41, 5.74) is 3.22. The van der Waals surface area contributed by atoms with Crippen LogP contribution in [-0.4, -0.2) is 12.6 Å². The van der Waals surface area contributed by atoms with Crippen LogP contribution in [0.2, 0.25) is 0 Å². The van der Waals surface area contributed by atoms with Crippen molar-refractivity contribution < 1.29 is 0 Å². The van der Waals surface area contributed by atoms with Gasteiger partial charge in [0, 0.05) is 6.04 Å². The fourth-order valence-corrected chi connectivity index (χ4v) is 2.18. The smallest absolute Gasteiger partial charge is 0.0108 e. The molecule has 0 spiro atoms. The van der Waals surface area contributed by atoms with Crippen molar-refractivity contribution in [1.29, 1.82) is 0 Å². The third kappa shape index (κ3) is 6.20. The van der Waals surface area contributed by atoms with E-state index in [1.165, 1.54) is 24.0 Å². The summed E-state index contributed by atoms with van der Waals surface area (Å²) in [6.07, 6.45) is 3.67. The maximum Gasteiger partial charge on any atom is 0.0108 e. The Hall–Kier alpha value is -0.820. The average molecular weight is 247 g/mol. The molecular weight excluding hydrogens is 218 g/mol. The van der Waals surface area contributed by atoms with E-state index in [2.05, 4.69) is 64.2 Å². The lowest BCUT2D eigenvalue weighted by molar-refractivity contribution is 0.330. The highest BCUT2D eigenvalue weighted by molar-refractivity contribution is 5.22. The molecule has 0 heterocycles. The standard InChI is InChI=1S/C17H29N/c1-6-18-16(11-12-17(3,4)5)13-15-9-7-14(2)8-10-15/h7-10,16,18H,6,11-13H2,1-5H3. The van der Waals surface area contributed by atoms with E-state index in [1.54, 1.807) is 0 Å². The highest BCUT2D eigenvalue weighted by Gasteiger charge is 2.15. The third-order valence-electron chi connectivity index (χ3n) is 3.34. The number of hydrogen-bond acceptors (Lipinski definition) is 1. The number of nitrogens with one attached hydrogen (secondary N) is 1. The van der Waals surface area contributed by atoms with Gasteiger partial charge < -0.3 is 5.32 Å². The molecule has 0 amide bonds. The van der Waals surface area contributed by atoms with Crippen molar-refractivity contribution in [2.45, 2.75) is 59.9 Å². The van der Waals surface area contributed by atoms with Gasteiger partial charge in [-0.1, -0.05) is 57.5 Å². The molecule has 1 N–H and O–H groups in total. The summed E-state index contributed by atoms with van der Waals surface area (Å²) >= 11 is 0. The van der Waals surface area contributed by atoms with E-state index >= 15 is 0 Å². The van der Waals surface area contributed by atoms with Crippen molar-refractivity contribution in [1.82, 2.24) is 5.32 Å². The predicted molar refractivity (Wildman–Crippen MR) is 81.0 cm³/mol. The van der Waals surface area contributed by atoms with E-state index in [0.717, 1.165) is 13.0 Å². The Morgan fingerprint density at radius 3 is 2.22 bits per heavy atom. The molecule has 0 saturated heterocycles. The van der Waals surface area contributed by atoms with E-state index in [0.29, 0.717) is 11.5 Å². The number of benzene rings is 1. The first-order chi connectivity index (χ1) is 8.40. The van der Waals surface area contributed by atoms with Crippen molar-refractivity contribution in [3.8, 4) is 0 Å². The second kappa shape index (κ2) is 6.94. The van der Waals surface area contributed by atoms with Gasteiger partial charge in [-0.25, -0.2) is 0 Å². The molecule has 102 valence electrons. The monoisotopic (exact) mass is 247 g/mol. The van der Waals surface area contributed by atoms with E-state index in [-0.39, 0.29) is 0 Å². The summed E-state index contributed by atoms with van der Waals surface area (Å²) in [6.45, 7) is 12.4. The molecule has 1 heteroatoms. The first kappa shape index (κ1) is 15.2. The van der Waals surface area contributed by atoms with Gasteiger partial charge in [0.1, 0.15) is 0 Å². The van der Waals surface area contributed by atoms with Gasteiger partial charge in [-0.3, -0.25) is 0 Å². The molecular formula is C17H29N. The normalized spacial score (nSPS) is 13.6. The Morgan fingerprint density at radius 1 is 1.11 bits per heavy atom. The Balaban J connectivity index is 2.54. The minimum Gasteiger partial charge on any atom is -0.314 e. The lowest BCUT2D eigenvalue weighted by Crippen LogP contribution is -2.32. The van der Waals surface area contributed by atoms with Gasteiger partial charge in [-0.05, 0) is 43.7 Å². The van der Waals surface area contributed by atoms with Crippen molar-refractivity contribution in [3.63, 3.8) is 0 Å². The summed E-state index contributed by atoms with van der Waals surface area (Å²) in [4.78, 5) is 0. The maximum atomic E-state index is 3.62. The molecule has 1 unspecified atom stereocenters. The van der Waals surface area contributed by atoms with Crippen LogP contribution in [0, 0.1) is 12.3 Å². The van der Waals surface area contributed by atoms with E-state index in [4.69, 9.17) is 0 Å². The predicted octanol–water partition coefficient (Wildman–Crippen LogP) is 4.34. The molecule has 0 saturated carbocycles. The van der Waals surface area contributed by atoms with Gasteiger partial charge in [0.05, 0.1) is 0 Å². The van der Waals surface area contributed by atoms with Crippen LogP contribution >= 0.6 is 0 Å². The Bertz CT molecular complexity index is 332. The molecule has 1 aromatic rings. The minimum absolute atomic E-state index is 0.431. The topological polar surface area (TPSA) is 12.0 Å². The number of hydrogen-bond donors (Lipinski definition) is 1. The van der Waals surface area contributed by atoms with Gasteiger partial charge in [0.25, 0.3) is 0 Å². The largest absolute Gasteiger partial charge is 0.314 e. The third-order valence-corrected chi connectivity index (χ3v) is 3.34.